The van der Waals surface area contributed by atoms with Crippen LogP contribution in [0.5, 0.6) is 0 Å². The van der Waals surface area contributed by atoms with Gasteiger partial charge >= 0.3 is 0 Å². The number of nitrogens with one attached hydrogen (secondary N) is 2. The summed E-state index contributed by atoms with van der Waals surface area (Å²) in [6.07, 6.45) is 0.235. The highest BCUT2D eigenvalue weighted by atomic mass is 16.5. The van der Waals surface area contributed by atoms with Crippen LogP contribution in [-0.2, 0) is 4.74 Å². The first-order chi connectivity index (χ1) is 13.5. The Balaban J connectivity index is 1.63. The first-order valence-corrected chi connectivity index (χ1v) is 11.2. The summed E-state index contributed by atoms with van der Waals surface area (Å²) in [5.41, 5.74) is 0. The lowest BCUT2D eigenvalue weighted by molar-refractivity contribution is -0.0284. The number of hydrogen-bond acceptors (Lipinski definition) is 5. The SMILES string of the molecule is CCN1CCN(CC(C)CNC(=NC)NCC2CN(CC(C)C)CCO2)CC1. The van der Waals surface area contributed by atoms with Gasteiger partial charge in [-0.2, -0.15) is 0 Å². The van der Waals surface area contributed by atoms with Gasteiger partial charge in [0.25, 0.3) is 0 Å². The first-order valence-electron chi connectivity index (χ1n) is 11.2. The fourth-order valence-electron chi connectivity index (χ4n) is 4.08. The Hall–Kier alpha value is -0.890. The van der Waals surface area contributed by atoms with Gasteiger partial charge in [-0.15, -0.1) is 0 Å². The minimum absolute atomic E-state index is 0.235. The van der Waals surface area contributed by atoms with Gasteiger partial charge in [0.2, 0.25) is 0 Å². The van der Waals surface area contributed by atoms with Crippen molar-refractivity contribution in [2.45, 2.75) is 33.8 Å². The molecular weight excluding hydrogens is 352 g/mol. The maximum atomic E-state index is 5.93. The number of rotatable bonds is 9. The van der Waals surface area contributed by atoms with Crippen LogP contribution in [0, 0.1) is 11.8 Å². The topological polar surface area (TPSA) is 55.4 Å². The standard InChI is InChI=1S/C21H44N6O/c1-6-25-7-9-26(10-8-25)16-19(4)13-23-21(22-5)24-14-20-17-27(11-12-28-20)15-18(2)3/h18-20H,6-17H2,1-5H3,(H2,22,23,24). The molecule has 2 atom stereocenters. The Labute approximate surface area is 172 Å². The Morgan fingerprint density at radius 3 is 2.36 bits per heavy atom. The van der Waals surface area contributed by atoms with Crippen LogP contribution in [0.1, 0.15) is 27.7 Å². The molecule has 0 radical (unpaired) electrons. The molecule has 2 aliphatic heterocycles. The maximum Gasteiger partial charge on any atom is 0.191 e. The van der Waals surface area contributed by atoms with E-state index in [1.54, 1.807) is 0 Å². The van der Waals surface area contributed by atoms with E-state index in [4.69, 9.17) is 4.74 Å². The van der Waals surface area contributed by atoms with Crippen LogP contribution in [0.15, 0.2) is 4.99 Å². The van der Waals surface area contributed by atoms with E-state index in [0.717, 1.165) is 51.8 Å². The second-order valence-corrected chi connectivity index (χ2v) is 8.82. The van der Waals surface area contributed by atoms with Gasteiger partial charge in [0.15, 0.2) is 5.96 Å². The fraction of sp³-hybridized carbons (Fsp3) is 0.952. The molecule has 0 aliphatic carbocycles. The predicted molar refractivity (Wildman–Crippen MR) is 118 cm³/mol. The lowest BCUT2D eigenvalue weighted by Crippen LogP contribution is -2.51. The van der Waals surface area contributed by atoms with Gasteiger partial charge in [-0.25, -0.2) is 0 Å². The molecule has 2 fully saturated rings. The van der Waals surface area contributed by atoms with Crippen molar-refractivity contribution < 1.29 is 4.74 Å². The van der Waals surface area contributed by atoms with Crippen LogP contribution >= 0.6 is 0 Å². The van der Waals surface area contributed by atoms with Crippen molar-refractivity contribution in [1.29, 1.82) is 0 Å². The summed E-state index contributed by atoms with van der Waals surface area (Å²) in [5, 5.41) is 6.95. The smallest absolute Gasteiger partial charge is 0.191 e. The zero-order valence-corrected chi connectivity index (χ0v) is 18.9. The first kappa shape index (κ1) is 23.4. The van der Waals surface area contributed by atoms with E-state index < -0.39 is 0 Å². The van der Waals surface area contributed by atoms with Crippen LogP contribution in [0.4, 0.5) is 0 Å². The molecule has 0 saturated carbocycles. The highest BCUT2D eigenvalue weighted by Gasteiger charge is 2.21. The zero-order chi connectivity index (χ0) is 20.4. The van der Waals surface area contributed by atoms with E-state index in [9.17, 15) is 0 Å². The van der Waals surface area contributed by atoms with Gasteiger partial charge < -0.3 is 25.2 Å². The molecular formula is C21H44N6O. The van der Waals surface area contributed by atoms with Crippen LogP contribution in [0.3, 0.4) is 0 Å². The molecule has 2 aliphatic rings. The molecule has 0 aromatic heterocycles. The molecule has 28 heavy (non-hydrogen) atoms. The quantitative estimate of drug-likeness (QED) is 0.444. The number of hydrogen-bond donors (Lipinski definition) is 2. The highest BCUT2D eigenvalue weighted by Crippen LogP contribution is 2.08. The van der Waals surface area contributed by atoms with Crippen LogP contribution in [0.25, 0.3) is 0 Å². The van der Waals surface area contributed by atoms with Crippen molar-refractivity contribution in [2.75, 3.05) is 85.6 Å². The molecule has 2 rings (SSSR count). The summed E-state index contributed by atoms with van der Waals surface area (Å²) in [6.45, 7) is 22.0. The number of ether oxygens (including phenoxy) is 1. The van der Waals surface area contributed by atoms with Gasteiger partial charge in [-0.3, -0.25) is 9.89 Å². The Morgan fingerprint density at radius 1 is 1.00 bits per heavy atom. The number of piperazine rings is 1. The zero-order valence-electron chi connectivity index (χ0n) is 18.9. The number of guanidine groups is 1. The fourth-order valence-corrected chi connectivity index (χ4v) is 4.08. The van der Waals surface area contributed by atoms with E-state index >= 15 is 0 Å². The van der Waals surface area contributed by atoms with E-state index in [0.29, 0.717) is 11.8 Å². The maximum absolute atomic E-state index is 5.93. The molecule has 0 spiro atoms. The Kier molecular flexibility index (Phi) is 10.5. The van der Waals surface area contributed by atoms with Gasteiger partial charge in [0, 0.05) is 72.5 Å². The Morgan fingerprint density at radius 2 is 1.71 bits per heavy atom. The normalized spacial score (nSPS) is 24.5. The second-order valence-electron chi connectivity index (χ2n) is 8.82. The third-order valence-electron chi connectivity index (χ3n) is 5.67. The van der Waals surface area contributed by atoms with Crippen LogP contribution in [-0.4, -0.2) is 112 Å². The summed E-state index contributed by atoms with van der Waals surface area (Å²) >= 11 is 0. The molecule has 164 valence electrons. The summed E-state index contributed by atoms with van der Waals surface area (Å²) in [5.74, 6) is 2.18. The van der Waals surface area contributed by atoms with Gasteiger partial charge in [0.1, 0.15) is 0 Å². The molecule has 2 N–H and O–H groups in total. The van der Waals surface area contributed by atoms with Crippen molar-refractivity contribution in [3.63, 3.8) is 0 Å². The van der Waals surface area contributed by atoms with Crippen LogP contribution < -0.4 is 10.6 Å². The van der Waals surface area contributed by atoms with Crippen molar-refractivity contribution >= 4 is 5.96 Å². The lowest BCUT2D eigenvalue weighted by Gasteiger charge is -2.35. The van der Waals surface area contributed by atoms with Crippen molar-refractivity contribution in [2.24, 2.45) is 16.8 Å². The van der Waals surface area contributed by atoms with Gasteiger partial charge in [-0.05, 0) is 18.4 Å². The number of nitrogens with zero attached hydrogens (tertiary/aromatic N) is 4. The van der Waals surface area contributed by atoms with E-state index in [2.05, 4.69) is 58.0 Å². The molecule has 2 unspecified atom stereocenters. The van der Waals surface area contributed by atoms with Gasteiger partial charge in [0.05, 0.1) is 12.7 Å². The van der Waals surface area contributed by atoms with E-state index in [-0.39, 0.29) is 6.10 Å². The minimum Gasteiger partial charge on any atom is -0.374 e. The molecule has 7 heteroatoms. The predicted octanol–water partition coefficient (Wildman–Crippen LogP) is 0.782. The lowest BCUT2D eigenvalue weighted by atomic mass is 10.1. The monoisotopic (exact) mass is 396 g/mol. The third-order valence-corrected chi connectivity index (χ3v) is 5.67. The highest BCUT2D eigenvalue weighted by molar-refractivity contribution is 5.79. The molecule has 0 aromatic rings. The van der Waals surface area contributed by atoms with Crippen LogP contribution in [0.2, 0.25) is 0 Å². The molecule has 0 bridgehead atoms. The molecule has 0 aromatic carbocycles. The van der Waals surface area contributed by atoms with Crippen molar-refractivity contribution in [1.82, 2.24) is 25.3 Å². The third kappa shape index (κ3) is 8.64. The van der Waals surface area contributed by atoms with Crippen molar-refractivity contribution in [3.05, 3.63) is 0 Å². The Bertz CT molecular complexity index is 450. The summed E-state index contributed by atoms with van der Waals surface area (Å²) in [4.78, 5) is 12.0. The molecule has 7 nitrogen and oxygen atoms in total. The number of aliphatic imine (C=N–C) groups is 1. The van der Waals surface area contributed by atoms with Gasteiger partial charge in [-0.1, -0.05) is 27.7 Å². The number of morpholine rings is 1. The minimum atomic E-state index is 0.235. The number of likely N-dealkylation sites (N-methyl/N-ethyl adjacent to an activating group) is 1. The van der Waals surface area contributed by atoms with Crippen molar-refractivity contribution in [3.8, 4) is 0 Å². The average Bonchev–Trinajstić information content (AvgIpc) is 2.68. The molecule has 2 heterocycles. The summed E-state index contributed by atoms with van der Waals surface area (Å²) in [7, 11) is 1.84. The average molecular weight is 397 g/mol. The molecule has 0 amide bonds. The second kappa shape index (κ2) is 12.6. The molecule has 2 saturated heterocycles. The van der Waals surface area contributed by atoms with E-state index in [1.165, 1.54) is 32.7 Å². The largest absolute Gasteiger partial charge is 0.374 e. The summed E-state index contributed by atoms with van der Waals surface area (Å²) < 4.78 is 5.93. The van der Waals surface area contributed by atoms with E-state index in [1.807, 2.05) is 7.05 Å². The summed E-state index contributed by atoms with van der Waals surface area (Å²) in [6, 6.07) is 0.